The number of hydrogen-bond donors (Lipinski definition) is 1. The lowest BCUT2D eigenvalue weighted by Gasteiger charge is -2.13. The first kappa shape index (κ1) is 12.5. The quantitative estimate of drug-likeness (QED) is 0.873. The van der Waals surface area contributed by atoms with Crippen molar-refractivity contribution in [1.29, 1.82) is 0 Å². The third-order valence-corrected chi connectivity index (χ3v) is 3.51. The van der Waals surface area contributed by atoms with Crippen LogP contribution in [0.3, 0.4) is 0 Å². The minimum atomic E-state index is 0.113. The summed E-state index contributed by atoms with van der Waals surface area (Å²) in [6.45, 7) is 0. The molecule has 0 saturated heterocycles. The molecule has 0 aliphatic heterocycles. The first-order valence-electron chi connectivity index (χ1n) is 5.16. The zero-order chi connectivity index (χ0) is 12.3. The lowest BCUT2D eigenvalue weighted by molar-refractivity contribution is 0.409. The van der Waals surface area contributed by atoms with Gasteiger partial charge in [0.05, 0.1) is 11.9 Å². The van der Waals surface area contributed by atoms with E-state index in [-0.39, 0.29) is 4.83 Å². The van der Waals surface area contributed by atoms with Gasteiger partial charge >= 0.3 is 0 Å². The Morgan fingerprint density at radius 3 is 3.00 bits per heavy atom. The normalized spacial score (nSPS) is 12.4. The highest BCUT2D eigenvalue weighted by Crippen LogP contribution is 2.34. The van der Waals surface area contributed by atoms with E-state index in [0.29, 0.717) is 5.02 Å². The molecular weight excluding hydrogens is 304 g/mol. The first-order chi connectivity index (χ1) is 8.20. The van der Waals surface area contributed by atoms with Crippen molar-refractivity contribution in [3.05, 3.63) is 47.0 Å². The summed E-state index contributed by atoms with van der Waals surface area (Å²) in [6, 6.07) is 5.59. The zero-order valence-corrected chi connectivity index (χ0v) is 11.6. The molecule has 0 radical (unpaired) electrons. The fourth-order valence-electron chi connectivity index (χ4n) is 1.64. The Balaban J connectivity index is 2.23. The average Bonchev–Trinajstić information content (AvgIpc) is 2.81. The number of ether oxygens (including phenoxy) is 1. The summed E-state index contributed by atoms with van der Waals surface area (Å²) in [4.78, 5) is 7.39. The third-order valence-electron chi connectivity index (χ3n) is 2.46. The van der Waals surface area contributed by atoms with Crippen LogP contribution >= 0.6 is 27.5 Å². The van der Waals surface area contributed by atoms with Crippen molar-refractivity contribution in [2.24, 2.45) is 0 Å². The molecule has 0 bridgehead atoms. The van der Waals surface area contributed by atoms with E-state index in [0.717, 1.165) is 23.6 Å². The molecular formula is C12H12BrClN2O. The summed E-state index contributed by atoms with van der Waals surface area (Å²) in [5.74, 6) is 1.75. The van der Waals surface area contributed by atoms with Crippen LogP contribution in [-0.2, 0) is 6.42 Å². The van der Waals surface area contributed by atoms with Crippen LogP contribution in [0.15, 0.2) is 30.6 Å². The van der Waals surface area contributed by atoms with Gasteiger partial charge in [-0.05, 0) is 18.2 Å². The predicted molar refractivity (Wildman–Crippen MR) is 72.0 cm³/mol. The number of rotatable bonds is 4. The van der Waals surface area contributed by atoms with Crippen molar-refractivity contribution in [3.8, 4) is 5.75 Å². The topological polar surface area (TPSA) is 37.9 Å². The fourth-order valence-corrected chi connectivity index (χ4v) is 2.48. The summed E-state index contributed by atoms with van der Waals surface area (Å²) in [7, 11) is 1.65. The van der Waals surface area contributed by atoms with Gasteiger partial charge < -0.3 is 9.72 Å². The minimum Gasteiger partial charge on any atom is -0.496 e. The molecule has 0 fully saturated rings. The molecule has 1 atom stereocenters. The molecule has 5 heteroatoms. The van der Waals surface area contributed by atoms with Crippen molar-refractivity contribution in [3.63, 3.8) is 0 Å². The van der Waals surface area contributed by atoms with Crippen LogP contribution in [0.5, 0.6) is 5.75 Å². The number of methoxy groups -OCH3 is 1. The van der Waals surface area contributed by atoms with Gasteiger partial charge in [0.15, 0.2) is 0 Å². The summed E-state index contributed by atoms with van der Waals surface area (Å²) in [6.07, 6.45) is 4.30. The number of H-pyrrole nitrogens is 1. The molecule has 0 aliphatic rings. The van der Waals surface area contributed by atoms with E-state index < -0.39 is 0 Å². The Bertz CT molecular complexity index is 487. The van der Waals surface area contributed by atoms with Gasteiger partial charge in [-0.3, -0.25) is 0 Å². The van der Waals surface area contributed by atoms with Crippen LogP contribution in [0.4, 0.5) is 0 Å². The van der Waals surface area contributed by atoms with Gasteiger partial charge in [0.1, 0.15) is 11.6 Å². The second kappa shape index (κ2) is 5.56. The van der Waals surface area contributed by atoms with E-state index in [1.165, 1.54) is 0 Å². The second-order valence-electron chi connectivity index (χ2n) is 3.59. The highest BCUT2D eigenvalue weighted by molar-refractivity contribution is 9.09. The van der Waals surface area contributed by atoms with Crippen LogP contribution in [-0.4, -0.2) is 17.1 Å². The van der Waals surface area contributed by atoms with Gasteiger partial charge in [0.25, 0.3) is 0 Å². The summed E-state index contributed by atoms with van der Waals surface area (Å²) in [5.41, 5.74) is 1.02. The smallest absolute Gasteiger partial charge is 0.123 e. The van der Waals surface area contributed by atoms with E-state index in [1.54, 1.807) is 13.3 Å². The Hall–Kier alpha value is -1.00. The van der Waals surface area contributed by atoms with E-state index in [4.69, 9.17) is 16.3 Å². The number of nitrogens with one attached hydrogen (secondary N) is 1. The monoisotopic (exact) mass is 314 g/mol. The number of nitrogens with zero attached hydrogens (tertiary/aromatic N) is 1. The number of alkyl halides is 1. The Morgan fingerprint density at radius 1 is 1.53 bits per heavy atom. The number of halogens is 2. The molecule has 2 rings (SSSR count). The Labute approximate surface area is 113 Å². The molecule has 3 nitrogen and oxygen atoms in total. The summed E-state index contributed by atoms with van der Waals surface area (Å²) >= 11 is 9.63. The Kier molecular flexibility index (Phi) is 4.07. The zero-order valence-electron chi connectivity index (χ0n) is 9.28. The average molecular weight is 316 g/mol. The lowest BCUT2D eigenvalue weighted by Crippen LogP contribution is -2.00. The SMILES string of the molecule is COc1ccc(Cl)cc1C(Br)Cc1ncc[nH]1. The number of imidazole rings is 1. The molecule has 1 N–H and O–H groups in total. The van der Waals surface area contributed by atoms with E-state index in [1.807, 2.05) is 24.4 Å². The van der Waals surface area contributed by atoms with Gasteiger partial charge in [-0.1, -0.05) is 27.5 Å². The van der Waals surface area contributed by atoms with Gasteiger partial charge in [-0.2, -0.15) is 0 Å². The van der Waals surface area contributed by atoms with E-state index in [9.17, 15) is 0 Å². The van der Waals surface area contributed by atoms with Crippen LogP contribution in [0.1, 0.15) is 16.2 Å². The highest BCUT2D eigenvalue weighted by atomic mass is 79.9. The molecule has 90 valence electrons. The molecule has 1 aromatic carbocycles. The van der Waals surface area contributed by atoms with Crippen molar-refractivity contribution >= 4 is 27.5 Å². The highest BCUT2D eigenvalue weighted by Gasteiger charge is 2.15. The maximum atomic E-state index is 6.00. The van der Waals surface area contributed by atoms with Gasteiger partial charge in [0.2, 0.25) is 0 Å². The molecule has 1 heterocycles. The lowest BCUT2D eigenvalue weighted by atomic mass is 10.1. The molecule has 0 spiro atoms. The first-order valence-corrected chi connectivity index (χ1v) is 6.46. The van der Waals surface area contributed by atoms with E-state index in [2.05, 4.69) is 25.9 Å². The van der Waals surface area contributed by atoms with E-state index >= 15 is 0 Å². The van der Waals surface area contributed by atoms with Gasteiger partial charge in [0, 0.05) is 29.4 Å². The van der Waals surface area contributed by atoms with Gasteiger partial charge in [-0.25, -0.2) is 4.98 Å². The predicted octanol–water partition coefficient (Wildman–Crippen LogP) is 3.75. The fraction of sp³-hybridized carbons (Fsp3) is 0.250. The minimum absolute atomic E-state index is 0.113. The molecule has 0 saturated carbocycles. The number of aromatic nitrogens is 2. The van der Waals surface area contributed by atoms with Crippen LogP contribution in [0.25, 0.3) is 0 Å². The number of benzene rings is 1. The van der Waals surface area contributed by atoms with Crippen LogP contribution in [0.2, 0.25) is 5.02 Å². The third kappa shape index (κ3) is 3.01. The van der Waals surface area contributed by atoms with Crippen molar-refractivity contribution in [2.45, 2.75) is 11.2 Å². The number of aromatic amines is 1. The second-order valence-corrected chi connectivity index (χ2v) is 5.14. The molecule has 1 unspecified atom stereocenters. The standard InChI is InChI=1S/C12H12BrClN2O/c1-17-11-3-2-8(14)6-9(11)10(13)7-12-15-4-5-16-12/h2-6,10H,7H2,1H3,(H,15,16). The van der Waals surface area contributed by atoms with Crippen molar-refractivity contribution in [2.75, 3.05) is 7.11 Å². The largest absolute Gasteiger partial charge is 0.496 e. The van der Waals surface area contributed by atoms with Crippen LogP contribution in [0, 0.1) is 0 Å². The van der Waals surface area contributed by atoms with Crippen molar-refractivity contribution in [1.82, 2.24) is 9.97 Å². The Morgan fingerprint density at radius 2 is 2.35 bits per heavy atom. The maximum absolute atomic E-state index is 6.00. The van der Waals surface area contributed by atoms with Crippen molar-refractivity contribution < 1.29 is 4.74 Å². The molecule has 1 aromatic heterocycles. The summed E-state index contributed by atoms with van der Waals surface area (Å²) in [5, 5.41) is 0.699. The maximum Gasteiger partial charge on any atom is 0.123 e. The molecule has 0 aliphatic carbocycles. The molecule has 0 amide bonds. The molecule has 2 aromatic rings. The van der Waals surface area contributed by atoms with Gasteiger partial charge in [-0.15, -0.1) is 0 Å². The molecule has 17 heavy (non-hydrogen) atoms. The number of hydrogen-bond acceptors (Lipinski definition) is 2. The van der Waals surface area contributed by atoms with Crippen LogP contribution < -0.4 is 4.74 Å². The summed E-state index contributed by atoms with van der Waals surface area (Å²) < 4.78 is 5.32.